The molecule has 20 heavy (non-hydrogen) atoms. The topological polar surface area (TPSA) is 61.3 Å². The minimum atomic E-state index is 0.334. The lowest BCUT2D eigenvalue weighted by molar-refractivity contribution is 0.298. The maximum absolute atomic E-state index is 5.64. The van der Waals surface area contributed by atoms with Crippen molar-refractivity contribution in [1.29, 1.82) is 0 Å². The third-order valence-electron chi connectivity index (χ3n) is 2.88. The molecule has 0 saturated carbocycles. The van der Waals surface area contributed by atoms with Gasteiger partial charge < -0.3 is 13.6 Å². The Bertz CT molecular complexity index is 684. The van der Waals surface area contributed by atoms with Crippen molar-refractivity contribution in [1.82, 2.24) is 9.97 Å². The van der Waals surface area contributed by atoms with Crippen LogP contribution >= 0.6 is 0 Å². The zero-order chi connectivity index (χ0) is 13.9. The molecule has 0 atom stereocenters. The van der Waals surface area contributed by atoms with Crippen LogP contribution in [-0.4, -0.2) is 9.97 Å². The summed E-state index contributed by atoms with van der Waals surface area (Å²) in [6.45, 7) is 4.12. The Hall–Kier alpha value is -2.56. The van der Waals surface area contributed by atoms with Crippen LogP contribution in [0.2, 0.25) is 0 Å². The number of ether oxygens (including phenoxy) is 1. The lowest BCUT2D eigenvalue weighted by atomic mass is 10.3. The van der Waals surface area contributed by atoms with Crippen LogP contribution in [0.3, 0.4) is 0 Å². The van der Waals surface area contributed by atoms with Gasteiger partial charge in [0.15, 0.2) is 5.76 Å². The monoisotopic (exact) mass is 270 g/mol. The van der Waals surface area contributed by atoms with Gasteiger partial charge in [-0.15, -0.1) is 0 Å². The first kappa shape index (κ1) is 12.5. The number of pyridine rings is 1. The van der Waals surface area contributed by atoms with Crippen LogP contribution in [0.25, 0.3) is 11.7 Å². The number of aromatic nitrogens is 2. The van der Waals surface area contributed by atoms with Crippen LogP contribution in [0.15, 0.2) is 45.6 Å². The largest absolute Gasteiger partial charge is 0.486 e. The van der Waals surface area contributed by atoms with Gasteiger partial charge in [-0.05, 0) is 38.1 Å². The SMILES string of the molecule is Cc1ccc(OCc2nc(-c3ccco3)oc2C)cn1. The summed E-state index contributed by atoms with van der Waals surface area (Å²) >= 11 is 0. The molecular formula is C15H14N2O3. The number of nitrogens with zero attached hydrogens (tertiary/aromatic N) is 2. The Morgan fingerprint density at radius 3 is 2.80 bits per heavy atom. The standard InChI is InChI=1S/C15H14N2O3/c1-10-5-6-12(8-16-10)19-9-13-11(2)20-15(17-13)14-4-3-7-18-14/h3-8H,9H2,1-2H3. The molecule has 102 valence electrons. The zero-order valence-corrected chi connectivity index (χ0v) is 11.3. The smallest absolute Gasteiger partial charge is 0.263 e. The summed E-state index contributed by atoms with van der Waals surface area (Å²) in [6.07, 6.45) is 3.28. The molecule has 0 spiro atoms. The molecule has 3 heterocycles. The minimum Gasteiger partial charge on any atom is -0.486 e. The van der Waals surface area contributed by atoms with Crippen molar-refractivity contribution in [2.45, 2.75) is 20.5 Å². The number of hydrogen-bond donors (Lipinski definition) is 0. The third kappa shape index (κ3) is 2.56. The molecule has 0 unspecified atom stereocenters. The van der Waals surface area contributed by atoms with Crippen molar-refractivity contribution < 1.29 is 13.6 Å². The van der Waals surface area contributed by atoms with E-state index in [1.807, 2.05) is 26.0 Å². The fourth-order valence-corrected chi connectivity index (χ4v) is 1.76. The van der Waals surface area contributed by atoms with Gasteiger partial charge >= 0.3 is 0 Å². The molecule has 0 bridgehead atoms. The number of oxazole rings is 1. The van der Waals surface area contributed by atoms with Gasteiger partial charge in [0.1, 0.15) is 23.8 Å². The second kappa shape index (κ2) is 5.21. The van der Waals surface area contributed by atoms with E-state index >= 15 is 0 Å². The highest BCUT2D eigenvalue weighted by atomic mass is 16.5. The molecule has 0 amide bonds. The molecule has 0 aliphatic rings. The maximum Gasteiger partial charge on any atom is 0.263 e. The molecule has 3 aromatic heterocycles. The molecule has 5 heteroatoms. The molecule has 0 aliphatic heterocycles. The summed E-state index contributed by atoms with van der Waals surface area (Å²) < 4.78 is 16.5. The molecule has 0 fully saturated rings. The fraction of sp³-hybridized carbons (Fsp3) is 0.200. The van der Waals surface area contributed by atoms with Gasteiger partial charge in [0.05, 0.1) is 12.5 Å². The van der Waals surface area contributed by atoms with Gasteiger partial charge in [0.25, 0.3) is 5.89 Å². The highest BCUT2D eigenvalue weighted by molar-refractivity contribution is 5.44. The molecule has 0 aromatic carbocycles. The van der Waals surface area contributed by atoms with Gasteiger partial charge in [-0.3, -0.25) is 4.98 Å². The van der Waals surface area contributed by atoms with Crippen LogP contribution in [-0.2, 0) is 6.61 Å². The van der Waals surface area contributed by atoms with Crippen LogP contribution in [0.5, 0.6) is 5.75 Å². The van der Waals surface area contributed by atoms with Crippen molar-refractivity contribution in [3.63, 3.8) is 0 Å². The predicted molar refractivity (Wildman–Crippen MR) is 72.2 cm³/mol. The molecular weight excluding hydrogens is 256 g/mol. The van der Waals surface area contributed by atoms with Crippen LogP contribution in [0.4, 0.5) is 0 Å². The van der Waals surface area contributed by atoms with Crippen molar-refractivity contribution in [3.8, 4) is 17.4 Å². The van der Waals surface area contributed by atoms with E-state index in [-0.39, 0.29) is 0 Å². The first-order chi connectivity index (χ1) is 9.72. The third-order valence-corrected chi connectivity index (χ3v) is 2.88. The van der Waals surface area contributed by atoms with E-state index in [4.69, 9.17) is 13.6 Å². The Morgan fingerprint density at radius 1 is 1.20 bits per heavy atom. The molecule has 0 saturated heterocycles. The van der Waals surface area contributed by atoms with E-state index < -0.39 is 0 Å². The Labute approximate surface area is 116 Å². The summed E-state index contributed by atoms with van der Waals surface area (Å²) in [7, 11) is 0. The van der Waals surface area contributed by atoms with Gasteiger partial charge in [-0.25, -0.2) is 4.98 Å². The van der Waals surface area contributed by atoms with Gasteiger partial charge in [-0.1, -0.05) is 0 Å². The average Bonchev–Trinajstić information content (AvgIpc) is 3.08. The highest BCUT2D eigenvalue weighted by Crippen LogP contribution is 2.22. The van der Waals surface area contributed by atoms with Crippen molar-refractivity contribution in [3.05, 3.63) is 53.9 Å². The van der Waals surface area contributed by atoms with E-state index in [2.05, 4.69) is 9.97 Å². The Morgan fingerprint density at radius 2 is 2.10 bits per heavy atom. The lowest BCUT2D eigenvalue weighted by Crippen LogP contribution is -1.98. The summed E-state index contributed by atoms with van der Waals surface area (Å²) in [4.78, 5) is 8.55. The zero-order valence-electron chi connectivity index (χ0n) is 11.3. The summed E-state index contributed by atoms with van der Waals surface area (Å²) in [5, 5.41) is 0. The second-order valence-corrected chi connectivity index (χ2v) is 4.42. The van der Waals surface area contributed by atoms with Crippen molar-refractivity contribution in [2.75, 3.05) is 0 Å². The number of hydrogen-bond acceptors (Lipinski definition) is 5. The Balaban J connectivity index is 1.73. The quantitative estimate of drug-likeness (QED) is 0.725. The van der Waals surface area contributed by atoms with Gasteiger partial charge in [0, 0.05) is 5.69 Å². The fourth-order valence-electron chi connectivity index (χ4n) is 1.76. The summed E-state index contributed by atoms with van der Waals surface area (Å²) in [5.74, 6) is 2.50. The number of rotatable bonds is 4. The first-order valence-corrected chi connectivity index (χ1v) is 6.28. The number of furan rings is 1. The second-order valence-electron chi connectivity index (χ2n) is 4.42. The lowest BCUT2D eigenvalue weighted by Gasteiger charge is -2.03. The molecule has 3 aromatic rings. The summed E-state index contributed by atoms with van der Waals surface area (Å²) in [5.41, 5.74) is 1.70. The van der Waals surface area contributed by atoms with Crippen LogP contribution in [0.1, 0.15) is 17.1 Å². The maximum atomic E-state index is 5.64. The predicted octanol–water partition coefficient (Wildman–Crippen LogP) is 3.53. The first-order valence-electron chi connectivity index (χ1n) is 6.28. The number of aryl methyl sites for hydroxylation is 2. The van der Waals surface area contributed by atoms with E-state index in [0.717, 1.165) is 17.1 Å². The highest BCUT2D eigenvalue weighted by Gasteiger charge is 2.13. The van der Waals surface area contributed by atoms with Crippen molar-refractivity contribution >= 4 is 0 Å². The van der Waals surface area contributed by atoms with Crippen LogP contribution in [0, 0.1) is 13.8 Å². The molecule has 0 N–H and O–H groups in total. The van der Waals surface area contributed by atoms with Crippen molar-refractivity contribution in [2.24, 2.45) is 0 Å². The van der Waals surface area contributed by atoms with E-state index in [1.54, 1.807) is 24.6 Å². The minimum absolute atomic E-state index is 0.334. The molecule has 3 rings (SSSR count). The normalized spacial score (nSPS) is 10.7. The van der Waals surface area contributed by atoms with Crippen LogP contribution < -0.4 is 4.74 Å². The average molecular weight is 270 g/mol. The molecule has 5 nitrogen and oxygen atoms in total. The molecule has 0 aliphatic carbocycles. The van der Waals surface area contributed by atoms with Gasteiger partial charge in [0.2, 0.25) is 0 Å². The molecule has 0 radical (unpaired) electrons. The Kier molecular flexibility index (Phi) is 3.25. The van der Waals surface area contributed by atoms with E-state index in [9.17, 15) is 0 Å². The van der Waals surface area contributed by atoms with E-state index in [0.29, 0.717) is 24.0 Å². The summed E-state index contributed by atoms with van der Waals surface area (Å²) in [6, 6.07) is 7.38. The van der Waals surface area contributed by atoms with E-state index in [1.165, 1.54) is 0 Å². The van der Waals surface area contributed by atoms with Gasteiger partial charge in [-0.2, -0.15) is 0 Å².